The molecule has 1 aliphatic heterocycles. The number of rotatable bonds is 7. The van der Waals surface area contributed by atoms with E-state index in [0.29, 0.717) is 25.0 Å². The van der Waals surface area contributed by atoms with Crippen LogP contribution in [0.15, 0.2) is 12.1 Å². The normalized spacial score (nSPS) is 13.6. The molecule has 1 aromatic rings. The second kappa shape index (κ2) is 7.24. The molecule has 0 aliphatic carbocycles. The lowest BCUT2D eigenvalue weighted by molar-refractivity contribution is 0.0765. The van der Waals surface area contributed by atoms with Crippen LogP contribution in [-0.2, 0) is 4.74 Å². The topological polar surface area (TPSA) is 65.7 Å². The van der Waals surface area contributed by atoms with Gasteiger partial charge in [-0.1, -0.05) is 0 Å². The fourth-order valence-corrected chi connectivity index (χ4v) is 2.03. The predicted octanol–water partition coefficient (Wildman–Crippen LogP) is 2.66. The third-order valence-electron chi connectivity index (χ3n) is 3.05. The van der Waals surface area contributed by atoms with Gasteiger partial charge in [-0.25, -0.2) is 0 Å². The van der Waals surface area contributed by atoms with Gasteiger partial charge in [-0.15, -0.1) is 0 Å². The molecule has 0 radical (unpaired) electrons. The Bertz CT molecular complexity index is 435. The third-order valence-corrected chi connectivity index (χ3v) is 3.05. The Morgan fingerprint density at radius 2 is 1.90 bits per heavy atom. The Morgan fingerprint density at radius 3 is 2.60 bits per heavy atom. The summed E-state index contributed by atoms with van der Waals surface area (Å²) in [5.41, 5.74) is 7.59. The number of nitrogens with two attached hydrogens (primary N) is 1. The summed E-state index contributed by atoms with van der Waals surface area (Å²) in [6, 6.07) is 3.73. The van der Waals surface area contributed by atoms with Crippen molar-refractivity contribution in [1.82, 2.24) is 0 Å². The van der Waals surface area contributed by atoms with E-state index in [1.165, 1.54) is 0 Å². The summed E-state index contributed by atoms with van der Waals surface area (Å²) in [5, 5.41) is 3.34. The SMILES string of the molecule is CC(C)OCCCCNc1cc2c(cc1N)OCCO2. The van der Waals surface area contributed by atoms with E-state index in [-0.39, 0.29) is 0 Å². The molecule has 0 amide bonds. The quantitative estimate of drug-likeness (QED) is 0.594. The van der Waals surface area contributed by atoms with Gasteiger partial charge < -0.3 is 25.3 Å². The van der Waals surface area contributed by atoms with Crippen molar-refractivity contribution in [2.75, 3.05) is 37.4 Å². The zero-order valence-corrected chi connectivity index (χ0v) is 12.3. The minimum atomic E-state index is 0.302. The maximum Gasteiger partial charge on any atom is 0.163 e. The molecule has 0 aromatic heterocycles. The monoisotopic (exact) mass is 280 g/mol. The van der Waals surface area contributed by atoms with Crippen molar-refractivity contribution in [2.24, 2.45) is 0 Å². The molecule has 112 valence electrons. The van der Waals surface area contributed by atoms with Crippen LogP contribution in [0.2, 0.25) is 0 Å². The minimum absolute atomic E-state index is 0.302. The Labute approximate surface area is 120 Å². The number of hydrogen-bond acceptors (Lipinski definition) is 5. The molecule has 0 saturated carbocycles. The maximum atomic E-state index is 6.00. The molecular weight excluding hydrogens is 256 g/mol. The number of benzene rings is 1. The standard InChI is InChI=1S/C15H24N2O3/c1-11(2)18-6-4-3-5-17-13-10-15-14(9-12(13)16)19-7-8-20-15/h9-11,17H,3-8,16H2,1-2H3. The van der Waals surface area contributed by atoms with Crippen molar-refractivity contribution in [1.29, 1.82) is 0 Å². The number of fused-ring (bicyclic) bond motifs is 1. The average molecular weight is 280 g/mol. The molecule has 5 nitrogen and oxygen atoms in total. The third kappa shape index (κ3) is 4.20. The molecule has 20 heavy (non-hydrogen) atoms. The highest BCUT2D eigenvalue weighted by Gasteiger charge is 2.14. The average Bonchev–Trinajstić information content (AvgIpc) is 2.42. The van der Waals surface area contributed by atoms with Crippen LogP contribution in [0.3, 0.4) is 0 Å². The molecule has 5 heteroatoms. The first-order valence-electron chi connectivity index (χ1n) is 7.21. The number of hydrogen-bond donors (Lipinski definition) is 2. The van der Waals surface area contributed by atoms with Gasteiger partial charge in [0.2, 0.25) is 0 Å². The van der Waals surface area contributed by atoms with E-state index in [1.807, 2.05) is 26.0 Å². The first-order valence-corrected chi connectivity index (χ1v) is 7.21. The fraction of sp³-hybridized carbons (Fsp3) is 0.600. The van der Waals surface area contributed by atoms with Crippen LogP contribution >= 0.6 is 0 Å². The molecule has 1 aliphatic rings. The van der Waals surface area contributed by atoms with Gasteiger partial charge in [0.05, 0.1) is 17.5 Å². The predicted molar refractivity (Wildman–Crippen MR) is 80.7 cm³/mol. The fourth-order valence-electron chi connectivity index (χ4n) is 2.03. The Kier molecular flexibility index (Phi) is 5.35. The van der Waals surface area contributed by atoms with E-state index in [4.69, 9.17) is 19.9 Å². The Morgan fingerprint density at radius 1 is 1.20 bits per heavy atom. The number of anilines is 2. The number of nitrogens with one attached hydrogen (secondary N) is 1. The molecule has 0 spiro atoms. The van der Waals surface area contributed by atoms with Gasteiger partial charge in [0, 0.05) is 25.3 Å². The molecule has 1 heterocycles. The summed E-state index contributed by atoms with van der Waals surface area (Å²) in [7, 11) is 0. The van der Waals surface area contributed by atoms with Crippen molar-refractivity contribution in [3.05, 3.63) is 12.1 Å². The minimum Gasteiger partial charge on any atom is -0.486 e. The van der Waals surface area contributed by atoms with Crippen LogP contribution in [0.25, 0.3) is 0 Å². The lowest BCUT2D eigenvalue weighted by atomic mass is 10.2. The van der Waals surface area contributed by atoms with Crippen LogP contribution < -0.4 is 20.5 Å². The zero-order valence-electron chi connectivity index (χ0n) is 12.3. The molecule has 0 atom stereocenters. The molecule has 0 unspecified atom stereocenters. The summed E-state index contributed by atoms with van der Waals surface area (Å²) in [4.78, 5) is 0. The van der Waals surface area contributed by atoms with Crippen molar-refractivity contribution < 1.29 is 14.2 Å². The number of ether oxygens (including phenoxy) is 3. The van der Waals surface area contributed by atoms with Crippen LogP contribution in [-0.4, -0.2) is 32.5 Å². The number of nitrogen functional groups attached to an aromatic ring is 1. The van der Waals surface area contributed by atoms with Gasteiger partial charge in [-0.3, -0.25) is 0 Å². The maximum absolute atomic E-state index is 6.00. The highest BCUT2D eigenvalue weighted by molar-refractivity contribution is 5.72. The van der Waals surface area contributed by atoms with E-state index in [0.717, 1.165) is 43.2 Å². The van der Waals surface area contributed by atoms with Gasteiger partial charge in [-0.2, -0.15) is 0 Å². The zero-order chi connectivity index (χ0) is 14.4. The largest absolute Gasteiger partial charge is 0.486 e. The van der Waals surface area contributed by atoms with E-state index < -0.39 is 0 Å². The van der Waals surface area contributed by atoms with Crippen LogP contribution in [0.4, 0.5) is 11.4 Å². The van der Waals surface area contributed by atoms with Gasteiger partial charge in [0.25, 0.3) is 0 Å². The second-order valence-electron chi connectivity index (χ2n) is 5.14. The van der Waals surface area contributed by atoms with Crippen molar-refractivity contribution in [2.45, 2.75) is 32.8 Å². The molecular formula is C15H24N2O3. The summed E-state index contributed by atoms with van der Waals surface area (Å²) < 4.78 is 16.5. The highest BCUT2D eigenvalue weighted by atomic mass is 16.6. The second-order valence-corrected chi connectivity index (χ2v) is 5.14. The van der Waals surface area contributed by atoms with Gasteiger partial charge in [-0.05, 0) is 26.7 Å². The molecule has 3 N–H and O–H groups in total. The lowest BCUT2D eigenvalue weighted by Gasteiger charge is -2.20. The summed E-state index contributed by atoms with van der Waals surface area (Å²) in [6.45, 7) is 6.93. The van der Waals surface area contributed by atoms with E-state index >= 15 is 0 Å². The van der Waals surface area contributed by atoms with Crippen LogP contribution in [0.1, 0.15) is 26.7 Å². The van der Waals surface area contributed by atoms with Gasteiger partial charge in [0.15, 0.2) is 11.5 Å². The molecule has 1 aromatic carbocycles. The summed E-state index contributed by atoms with van der Waals surface area (Å²) in [5.74, 6) is 1.49. The smallest absolute Gasteiger partial charge is 0.163 e. The van der Waals surface area contributed by atoms with E-state index in [9.17, 15) is 0 Å². The molecule has 2 rings (SSSR count). The summed E-state index contributed by atoms with van der Waals surface area (Å²) in [6.07, 6.45) is 2.38. The first-order chi connectivity index (χ1) is 9.66. The van der Waals surface area contributed by atoms with E-state index in [1.54, 1.807) is 0 Å². The molecule has 0 bridgehead atoms. The van der Waals surface area contributed by atoms with Crippen molar-refractivity contribution >= 4 is 11.4 Å². The summed E-state index contributed by atoms with van der Waals surface area (Å²) >= 11 is 0. The Hall–Kier alpha value is -1.62. The number of unbranched alkanes of at least 4 members (excludes halogenated alkanes) is 1. The van der Waals surface area contributed by atoms with Crippen LogP contribution in [0.5, 0.6) is 11.5 Å². The van der Waals surface area contributed by atoms with Crippen molar-refractivity contribution in [3.8, 4) is 11.5 Å². The molecule has 0 fully saturated rings. The van der Waals surface area contributed by atoms with Crippen molar-refractivity contribution in [3.63, 3.8) is 0 Å². The van der Waals surface area contributed by atoms with Crippen LogP contribution in [0, 0.1) is 0 Å². The lowest BCUT2D eigenvalue weighted by Crippen LogP contribution is -2.16. The van der Waals surface area contributed by atoms with E-state index in [2.05, 4.69) is 5.32 Å². The van der Waals surface area contributed by atoms with Gasteiger partial charge in [0.1, 0.15) is 13.2 Å². The first kappa shape index (κ1) is 14.8. The Balaban J connectivity index is 1.78. The highest BCUT2D eigenvalue weighted by Crippen LogP contribution is 2.36. The van der Waals surface area contributed by atoms with Gasteiger partial charge >= 0.3 is 0 Å². The molecule has 0 saturated heterocycles.